The lowest BCUT2D eigenvalue weighted by Gasteiger charge is -2.33. The second-order valence-electron chi connectivity index (χ2n) is 6.69. The van der Waals surface area contributed by atoms with Crippen LogP contribution in [-0.2, 0) is 4.74 Å². The van der Waals surface area contributed by atoms with Crippen LogP contribution >= 0.6 is 0 Å². The van der Waals surface area contributed by atoms with Gasteiger partial charge in [-0.1, -0.05) is 0 Å². The predicted octanol–water partition coefficient (Wildman–Crippen LogP) is 2.23. The van der Waals surface area contributed by atoms with Gasteiger partial charge in [0.2, 0.25) is 5.88 Å². The number of nitrogens with zero attached hydrogens (tertiary/aromatic N) is 2. The largest absolute Gasteiger partial charge is 0.489 e. The molecule has 1 N–H and O–H groups in total. The highest BCUT2D eigenvalue weighted by atomic mass is 16.6. The van der Waals surface area contributed by atoms with E-state index in [0.717, 1.165) is 12.8 Å². The van der Waals surface area contributed by atoms with Crippen molar-refractivity contribution in [1.29, 1.82) is 0 Å². The second kappa shape index (κ2) is 8.19. The van der Waals surface area contributed by atoms with Crippen LogP contribution in [0.2, 0.25) is 0 Å². The third-order valence-electron chi connectivity index (χ3n) is 3.45. The fraction of sp³-hybridized carbons (Fsp3) is 0.647. The van der Waals surface area contributed by atoms with Crippen LogP contribution in [0.15, 0.2) is 18.3 Å². The number of hydrogen-bond donors (Lipinski definition) is 1. The average molecular weight is 338 g/mol. The molecule has 1 aromatic heterocycles. The monoisotopic (exact) mass is 338 g/mol. The van der Waals surface area contributed by atoms with Crippen molar-refractivity contribution in [2.24, 2.45) is 0 Å². The minimum Gasteiger partial charge on any atom is -0.489 e. The van der Waals surface area contributed by atoms with Crippen LogP contribution in [0, 0.1) is 0 Å². The first-order chi connectivity index (χ1) is 11.4. The van der Waals surface area contributed by atoms with Crippen molar-refractivity contribution in [2.45, 2.75) is 45.3 Å². The van der Waals surface area contributed by atoms with Crippen molar-refractivity contribution in [3.05, 3.63) is 18.3 Å². The molecule has 2 heterocycles. The Hall–Kier alpha value is -2.02. The Morgan fingerprint density at radius 3 is 2.58 bits per heavy atom. The molecule has 7 heteroatoms. The molecule has 7 nitrogen and oxygen atoms in total. The Balaban J connectivity index is 1.77. The average Bonchev–Trinajstić information content (AvgIpc) is 2.53. The van der Waals surface area contributed by atoms with Gasteiger partial charge in [0.1, 0.15) is 24.1 Å². The van der Waals surface area contributed by atoms with Gasteiger partial charge >= 0.3 is 6.09 Å². The standard InChI is InChI=1S/C17H26N2O5/c1-17(2,3)24-16(21)19-8-6-13(7-9-19)23-14-4-5-15(18-12-14)22-11-10-20/h4-5,12-13,20H,6-11H2,1-3H3. The lowest BCUT2D eigenvalue weighted by atomic mass is 10.1. The molecule has 0 aliphatic carbocycles. The van der Waals surface area contributed by atoms with E-state index in [9.17, 15) is 4.79 Å². The number of carbonyl (C=O) groups is 1. The Morgan fingerprint density at radius 1 is 1.33 bits per heavy atom. The molecule has 0 saturated carbocycles. The quantitative estimate of drug-likeness (QED) is 0.887. The molecule has 0 unspecified atom stereocenters. The van der Waals surface area contributed by atoms with E-state index in [2.05, 4.69) is 4.98 Å². The van der Waals surface area contributed by atoms with Gasteiger partial charge in [-0.05, 0) is 26.8 Å². The molecule has 0 atom stereocenters. The van der Waals surface area contributed by atoms with Crippen molar-refractivity contribution < 1.29 is 24.1 Å². The third-order valence-corrected chi connectivity index (χ3v) is 3.45. The minimum absolute atomic E-state index is 0.0455. The van der Waals surface area contributed by atoms with Gasteiger partial charge in [-0.25, -0.2) is 9.78 Å². The van der Waals surface area contributed by atoms with Gasteiger partial charge in [0.15, 0.2) is 0 Å². The van der Waals surface area contributed by atoms with Gasteiger partial charge < -0.3 is 24.2 Å². The van der Waals surface area contributed by atoms with Gasteiger partial charge in [0.05, 0.1) is 12.8 Å². The first-order valence-electron chi connectivity index (χ1n) is 8.21. The maximum Gasteiger partial charge on any atom is 0.410 e. The van der Waals surface area contributed by atoms with E-state index in [0.29, 0.717) is 24.7 Å². The number of hydrogen-bond acceptors (Lipinski definition) is 6. The van der Waals surface area contributed by atoms with Gasteiger partial charge in [-0.3, -0.25) is 0 Å². The first kappa shape index (κ1) is 18.3. The van der Waals surface area contributed by atoms with Crippen LogP contribution < -0.4 is 9.47 Å². The summed E-state index contributed by atoms with van der Waals surface area (Å²) in [7, 11) is 0. The number of aromatic nitrogens is 1. The van der Waals surface area contributed by atoms with Crippen molar-refractivity contribution in [2.75, 3.05) is 26.3 Å². The highest BCUT2D eigenvalue weighted by Crippen LogP contribution is 2.21. The predicted molar refractivity (Wildman–Crippen MR) is 88.3 cm³/mol. The number of pyridine rings is 1. The summed E-state index contributed by atoms with van der Waals surface area (Å²) in [5.41, 5.74) is -0.476. The zero-order valence-electron chi connectivity index (χ0n) is 14.5. The first-order valence-corrected chi connectivity index (χ1v) is 8.21. The van der Waals surface area contributed by atoms with Gasteiger partial charge in [-0.15, -0.1) is 0 Å². The Labute approximate surface area is 142 Å². The van der Waals surface area contributed by atoms with E-state index >= 15 is 0 Å². The maximum atomic E-state index is 12.0. The number of likely N-dealkylation sites (tertiary alicyclic amines) is 1. The smallest absolute Gasteiger partial charge is 0.410 e. The van der Waals surface area contributed by atoms with E-state index in [4.69, 9.17) is 19.3 Å². The lowest BCUT2D eigenvalue weighted by molar-refractivity contribution is 0.0126. The van der Waals surface area contributed by atoms with Gasteiger partial charge in [0.25, 0.3) is 0 Å². The van der Waals surface area contributed by atoms with Crippen LogP contribution in [0.1, 0.15) is 33.6 Å². The van der Waals surface area contributed by atoms with Crippen LogP contribution in [0.25, 0.3) is 0 Å². The van der Waals surface area contributed by atoms with Crippen LogP contribution in [0.4, 0.5) is 4.79 Å². The van der Waals surface area contributed by atoms with Crippen LogP contribution in [0.3, 0.4) is 0 Å². The molecule has 1 aliphatic rings. The summed E-state index contributed by atoms with van der Waals surface area (Å²) >= 11 is 0. The molecular weight excluding hydrogens is 312 g/mol. The molecule has 1 fully saturated rings. The molecule has 1 amide bonds. The van der Waals surface area contributed by atoms with Crippen LogP contribution in [0.5, 0.6) is 11.6 Å². The molecule has 1 aliphatic heterocycles. The Morgan fingerprint density at radius 2 is 2.04 bits per heavy atom. The zero-order chi connectivity index (χ0) is 17.6. The third kappa shape index (κ3) is 5.88. The Bertz CT molecular complexity index is 519. The van der Waals surface area contributed by atoms with E-state index in [-0.39, 0.29) is 25.4 Å². The number of amides is 1. The van der Waals surface area contributed by atoms with E-state index in [1.165, 1.54) is 0 Å². The summed E-state index contributed by atoms with van der Waals surface area (Å²) in [6, 6.07) is 3.50. The summed E-state index contributed by atoms with van der Waals surface area (Å²) in [6.07, 6.45) is 2.89. The van der Waals surface area contributed by atoms with E-state index in [1.54, 1.807) is 23.2 Å². The summed E-state index contributed by atoms with van der Waals surface area (Å²) in [4.78, 5) is 17.9. The van der Waals surface area contributed by atoms with Gasteiger partial charge in [-0.2, -0.15) is 0 Å². The number of ether oxygens (including phenoxy) is 3. The number of aliphatic hydroxyl groups excluding tert-OH is 1. The van der Waals surface area contributed by atoms with Crippen molar-refractivity contribution >= 4 is 6.09 Å². The summed E-state index contributed by atoms with van der Waals surface area (Å²) in [5, 5.41) is 8.71. The molecule has 0 radical (unpaired) electrons. The van der Waals surface area contributed by atoms with Crippen LogP contribution in [-0.4, -0.2) is 59.1 Å². The normalized spacial score (nSPS) is 15.9. The number of rotatable bonds is 5. The fourth-order valence-corrected chi connectivity index (χ4v) is 2.35. The highest BCUT2D eigenvalue weighted by molar-refractivity contribution is 5.68. The van der Waals surface area contributed by atoms with Crippen molar-refractivity contribution in [3.63, 3.8) is 0 Å². The van der Waals surface area contributed by atoms with Crippen molar-refractivity contribution in [1.82, 2.24) is 9.88 Å². The van der Waals surface area contributed by atoms with Gasteiger partial charge in [0, 0.05) is 32.0 Å². The molecule has 1 aromatic rings. The molecule has 0 spiro atoms. The highest BCUT2D eigenvalue weighted by Gasteiger charge is 2.27. The van der Waals surface area contributed by atoms with Crippen molar-refractivity contribution in [3.8, 4) is 11.6 Å². The summed E-state index contributed by atoms with van der Waals surface area (Å²) in [6.45, 7) is 6.99. The zero-order valence-corrected chi connectivity index (χ0v) is 14.5. The number of aliphatic hydroxyl groups is 1. The van der Waals surface area contributed by atoms with E-state index in [1.807, 2.05) is 20.8 Å². The Kier molecular flexibility index (Phi) is 6.25. The molecule has 0 aromatic carbocycles. The lowest BCUT2D eigenvalue weighted by Crippen LogP contribution is -2.44. The topological polar surface area (TPSA) is 81.1 Å². The molecular formula is C17H26N2O5. The SMILES string of the molecule is CC(C)(C)OC(=O)N1CCC(Oc2ccc(OCCO)nc2)CC1. The molecule has 0 bridgehead atoms. The summed E-state index contributed by atoms with van der Waals surface area (Å²) in [5.74, 6) is 1.12. The molecule has 134 valence electrons. The molecule has 2 rings (SSSR count). The summed E-state index contributed by atoms with van der Waals surface area (Å²) < 4.78 is 16.5. The fourth-order valence-electron chi connectivity index (χ4n) is 2.35. The minimum atomic E-state index is -0.476. The number of piperidine rings is 1. The van der Waals surface area contributed by atoms with E-state index < -0.39 is 5.60 Å². The maximum absolute atomic E-state index is 12.0. The number of carbonyl (C=O) groups excluding carboxylic acids is 1. The molecule has 1 saturated heterocycles. The molecule has 24 heavy (non-hydrogen) atoms. The second-order valence-corrected chi connectivity index (χ2v) is 6.69.